The molecule has 0 heterocycles. The number of nitrogens with zero attached hydrogens (tertiary/aromatic N) is 1. The van der Waals surface area contributed by atoms with E-state index in [0.717, 1.165) is 12.0 Å². The fourth-order valence-electron chi connectivity index (χ4n) is 2.82. The van der Waals surface area contributed by atoms with Gasteiger partial charge in [0.15, 0.2) is 0 Å². The molecule has 0 saturated heterocycles. The Balaban J connectivity index is 2.21. The SMILES string of the molecule is CCCN(C)[C@H]1CC[C@H](CCC)CC1. The fourth-order valence-corrected chi connectivity index (χ4v) is 2.82. The van der Waals surface area contributed by atoms with Crippen LogP contribution >= 0.6 is 0 Å². The lowest BCUT2D eigenvalue weighted by atomic mass is 9.83. The van der Waals surface area contributed by atoms with E-state index in [4.69, 9.17) is 0 Å². The molecule has 0 unspecified atom stereocenters. The summed E-state index contributed by atoms with van der Waals surface area (Å²) < 4.78 is 0. The first-order valence-electron chi connectivity index (χ1n) is 6.48. The second-order valence-corrected chi connectivity index (χ2v) is 4.94. The van der Waals surface area contributed by atoms with Gasteiger partial charge < -0.3 is 4.90 Å². The van der Waals surface area contributed by atoms with Crippen LogP contribution in [0.5, 0.6) is 0 Å². The van der Waals surface area contributed by atoms with Crippen molar-refractivity contribution in [2.75, 3.05) is 13.6 Å². The molecule has 1 saturated carbocycles. The van der Waals surface area contributed by atoms with Crippen molar-refractivity contribution < 1.29 is 0 Å². The largest absolute Gasteiger partial charge is 0.303 e. The Morgan fingerprint density at radius 3 is 2.14 bits per heavy atom. The van der Waals surface area contributed by atoms with Crippen LogP contribution in [0, 0.1) is 5.92 Å². The smallest absolute Gasteiger partial charge is 0.00924 e. The van der Waals surface area contributed by atoms with Crippen LogP contribution in [0.4, 0.5) is 0 Å². The van der Waals surface area contributed by atoms with E-state index < -0.39 is 0 Å². The third-order valence-electron chi connectivity index (χ3n) is 3.71. The maximum Gasteiger partial charge on any atom is 0.00924 e. The molecule has 1 fully saturated rings. The Morgan fingerprint density at radius 2 is 1.64 bits per heavy atom. The molecule has 1 heteroatoms. The molecular weight excluding hydrogens is 170 g/mol. The van der Waals surface area contributed by atoms with Gasteiger partial charge in [0.25, 0.3) is 0 Å². The summed E-state index contributed by atoms with van der Waals surface area (Å²) in [4.78, 5) is 2.57. The van der Waals surface area contributed by atoms with E-state index in [1.54, 1.807) is 0 Å². The normalized spacial score (nSPS) is 28.3. The van der Waals surface area contributed by atoms with Crippen LogP contribution in [0.2, 0.25) is 0 Å². The maximum atomic E-state index is 2.57. The Kier molecular flexibility index (Phi) is 5.54. The average Bonchev–Trinajstić information content (AvgIpc) is 2.20. The lowest BCUT2D eigenvalue weighted by Crippen LogP contribution is -2.35. The van der Waals surface area contributed by atoms with Crippen molar-refractivity contribution in [1.82, 2.24) is 4.90 Å². The van der Waals surface area contributed by atoms with Crippen molar-refractivity contribution in [3.63, 3.8) is 0 Å². The summed E-state index contributed by atoms with van der Waals surface area (Å²) in [7, 11) is 2.30. The van der Waals surface area contributed by atoms with Crippen LogP contribution in [0.3, 0.4) is 0 Å². The van der Waals surface area contributed by atoms with E-state index in [1.165, 1.54) is 51.5 Å². The molecule has 0 amide bonds. The van der Waals surface area contributed by atoms with Gasteiger partial charge in [-0.15, -0.1) is 0 Å². The summed E-state index contributed by atoms with van der Waals surface area (Å²) in [5, 5.41) is 0. The summed E-state index contributed by atoms with van der Waals surface area (Å²) >= 11 is 0. The Morgan fingerprint density at radius 1 is 1.00 bits per heavy atom. The molecule has 0 aromatic heterocycles. The van der Waals surface area contributed by atoms with Crippen molar-refractivity contribution in [2.24, 2.45) is 5.92 Å². The second kappa shape index (κ2) is 6.44. The Labute approximate surface area is 89.9 Å². The number of hydrogen-bond acceptors (Lipinski definition) is 1. The topological polar surface area (TPSA) is 3.24 Å². The van der Waals surface area contributed by atoms with Crippen LogP contribution in [0.15, 0.2) is 0 Å². The minimum absolute atomic E-state index is 0.892. The summed E-state index contributed by atoms with van der Waals surface area (Å²) in [5.74, 6) is 1.05. The summed E-state index contributed by atoms with van der Waals surface area (Å²) in [6.45, 7) is 5.87. The van der Waals surface area contributed by atoms with Gasteiger partial charge in [0, 0.05) is 6.04 Å². The molecule has 1 rings (SSSR count). The van der Waals surface area contributed by atoms with Gasteiger partial charge in [-0.1, -0.05) is 26.7 Å². The van der Waals surface area contributed by atoms with Gasteiger partial charge >= 0.3 is 0 Å². The standard InChI is InChI=1S/C13H27N/c1-4-6-12-7-9-13(10-8-12)14(3)11-5-2/h12-13H,4-11H2,1-3H3/t12-,13-. The average molecular weight is 197 g/mol. The van der Waals surface area contributed by atoms with Gasteiger partial charge in [0.1, 0.15) is 0 Å². The Bertz CT molecular complexity index is 136. The molecule has 0 aliphatic heterocycles. The zero-order valence-electron chi connectivity index (χ0n) is 10.3. The van der Waals surface area contributed by atoms with E-state index in [0.29, 0.717) is 0 Å². The van der Waals surface area contributed by atoms with E-state index in [9.17, 15) is 0 Å². The molecule has 0 spiro atoms. The third-order valence-corrected chi connectivity index (χ3v) is 3.71. The lowest BCUT2D eigenvalue weighted by Gasteiger charge is -2.34. The van der Waals surface area contributed by atoms with E-state index in [-0.39, 0.29) is 0 Å². The van der Waals surface area contributed by atoms with E-state index in [1.807, 2.05) is 0 Å². The molecule has 84 valence electrons. The fraction of sp³-hybridized carbons (Fsp3) is 1.00. The summed E-state index contributed by atoms with van der Waals surface area (Å²) in [6.07, 6.45) is 9.98. The third kappa shape index (κ3) is 3.61. The molecule has 0 bridgehead atoms. The summed E-state index contributed by atoms with van der Waals surface area (Å²) in [5.41, 5.74) is 0. The predicted octanol–water partition coefficient (Wildman–Crippen LogP) is 3.69. The molecule has 0 radical (unpaired) electrons. The van der Waals surface area contributed by atoms with Gasteiger partial charge in [-0.2, -0.15) is 0 Å². The molecule has 1 aliphatic rings. The van der Waals surface area contributed by atoms with Gasteiger partial charge in [-0.3, -0.25) is 0 Å². The highest BCUT2D eigenvalue weighted by Gasteiger charge is 2.22. The Hall–Kier alpha value is -0.0400. The quantitative estimate of drug-likeness (QED) is 0.650. The zero-order chi connectivity index (χ0) is 10.4. The molecule has 1 nitrogen and oxygen atoms in total. The first-order chi connectivity index (χ1) is 6.77. The summed E-state index contributed by atoms with van der Waals surface area (Å²) in [6, 6.07) is 0.892. The molecule has 0 atom stereocenters. The highest BCUT2D eigenvalue weighted by atomic mass is 15.1. The molecule has 0 aromatic rings. The molecule has 1 aliphatic carbocycles. The molecule has 0 aromatic carbocycles. The monoisotopic (exact) mass is 197 g/mol. The van der Waals surface area contributed by atoms with Gasteiger partial charge in [-0.05, 0) is 51.6 Å². The van der Waals surface area contributed by atoms with Gasteiger partial charge in [0.2, 0.25) is 0 Å². The van der Waals surface area contributed by atoms with Crippen LogP contribution in [0.25, 0.3) is 0 Å². The van der Waals surface area contributed by atoms with Crippen molar-refractivity contribution in [3.8, 4) is 0 Å². The minimum Gasteiger partial charge on any atom is -0.303 e. The minimum atomic E-state index is 0.892. The van der Waals surface area contributed by atoms with E-state index >= 15 is 0 Å². The highest BCUT2D eigenvalue weighted by molar-refractivity contribution is 4.77. The van der Waals surface area contributed by atoms with Gasteiger partial charge in [0.05, 0.1) is 0 Å². The van der Waals surface area contributed by atoms with Crippen molar-refractivity contribution >= 4 is 0 Å². The zero-order valence-corrected chi connectivity index (χ0v) is 10.3. The molecular formula is C13H27N. The van der Waals surface area contributed by atoms with Crippen LogP contribution < -0.4 is 0 Å². The first kappa shape index (κ1) is 12.0. The van der Waals surface area contributed by atoms with Crippen molar-refractivity contribution in [3.05, 3.63) is 0 Å². The van der Waals surface area contributed by atoms with E-state index in [2.05, 4.69) is 25.8 Å². The first-order valence-corrected chi connectivity index (χ1v) is 6.48. The molecule has 14 heavy (non-hydrogen) atoms. The molecule has 0 N–H and O–H groups in total. The predicted molar refractivity (Wildman–Crippen MR) is 63.6 cm³/mol. The number of hydrogen-bond donors (Lipinski definition) is 0. The van der Waals surface area contributed by atoms with Crippen molar-refractivity contribution in [1.29, 1.82) is 0 Å². The van der Waals surface area contributed by atoms with Crippen LogP contribution in [-0.2, 0) is 0 Å². The van der Waals surface area contributed by atoms with Crippen LogP contribution in [-0.4, -0.2) is 24.5 Å². The second-order valence-electron chi connectivity index (χ2n) is 4.94. The number of rotatable bonds is 5. The highest BCUT2D eigenvalue weighted by Crippen LogP contribution is 2.29. The lowest BCUT2D eigenvalue weighted by molar-refractivity contribution is 0.162. The van der Waals surface area contributed by atoms with Gasteiger partial charge in [-0.25, -0.2) is 0 Å². The van der Waals surface area contributed by atoms with Crippen LogP contribution in [0.1, 0.15) is 58.8 Å². The maximum absolute atomic E-state index is 2.57. The van der Waals surface area contributed by atoms with Crippen molar-refractivity contribution in [2.45, 2.75) is 64.8 Å².